The van der Waals surface area contributed by atoms with Crippen LogP contribution < -0.4 is 9.46 Å². The fourth-order valence-corrected chi connectivity index (χ4v) is 3.67. The van der Waals surface area contributed by atoms with Crippen molar-refractivity contribution in [3.8, 4) is 16.9 Å². The summed E-state index contributed by atoms with van der Waals surface area (Å²) in [6, 6.07) is 14.1. The van der Waals surface area contributed by atoms with Crippen molar-refractivity contribution >= 4 is 10.0 Å². The van der Waals surface area contributed by atoms with Crippen LogP contribution in [0.15, 0.2) is 71.9 Å². The molecule has 0 atom stereocenters. The molecule has 3 rings (SSSR count). The Morgan fingerprint density at radius 3 is 2.39 bits per heavy atom. The standard InChI is InChI=1S/C18H16F3N3O3S/c19-18(20,21)27-16-8-4-5-9-17(16)28(25,26)23-10-11-24-13-15(12-22-24)14-6-2-1-3-7-14/h1-9,12-13,23H,10-11H2. The molecular formula is C18H16F3N3O3S. The Kier molecular flexibility index (Phi) is 5.71. The molecule has 0 saturated carbocycles. The first-order valence-electron chi connectivity index (χ1n) is 8.17. The predicted molar refractivity (Wildman–Crippen MR) is 96.0 cm³/mol. The van der Waals surface area contributed by atoms with E-state index in [1.54, 1.807) is 17.1 Å². The van der Waals surface area contributed by atoms with Crippen LogP contribution >= 0.6 is 0 Å². The van der Waals surface area contributed by atoms with Crippen LogP contribution in [0.25, 0.3) is 11.1 Å². The predicted octanol–water partition coefficient (Wildman–Crippen LogP) is 3.43. The number of hydrogen-bond acceptors (Lipinski definition) is 4. The quantitative estimate of drug-likeness (QED) is 0.647. The lowest BCUT2D eigenvalue weighted by molar-refractivity contribution is -0.275. The van der Waals surface area contributed by atoms with Crippen LogP contribution in [0.1, 0.15) is 0 Å². The summed E-state index contributed by atoms with van der Waals surface area (Å²) in [5, 5.41) is 4.16. The van der Waals surface area contributed by atoms with Gasteiger partial charge in [0.05, 0.1) is 12.7 Å². The summed E-state index contributed by atoms with van der Waals surface area (Å²) in [5.74, 6) is -0.784. The van der Waals surface area contributed by atoms with Gasteiger partial charge in [-0.25, -0.2) is 13.1 Å². The van der Waals surface area contributed by atoms with Crippen molar-refractivity contribution in [3.63, 3.8) is 0 Å². The second-order valence-corrected chi connectivity index (χ2v) is 7.49. The first-order chi connectivity index (χ1) is 13.2. The smallest absolute Gasteiger partial charge is 0.404 e. The molecule has 0 unspecified atom stereocenters. The second kappa shape index (κ2) is 8.03. The van der Waals surface area contributed by atoms with Gasteiger partial charge in [0.15, 0.2) is 0 Å². The average Bonchev–Trinajstić information content (AvgIpc) is 3.10. The third kappa shape index (κ3) is 5.11. The number of ether oxygens (including phenoxy) is 1. The number of nitrogens with zero attached hydrogens (tertiary/aromatic N) is 2. The maximum absolute atomic E-state index is 12.5. The Morgan fingerprint density at radius 2 is 1.68 bits per heavy atom. The molecule has 1 heterocycles. The van der Waals surface area contributed by atoms with Gasteiger partial charge in [-0.15, -0.1) is 13.2 Å². The van der Waals surface area contributed by atoms with Crippen molar-refractivity contribution < 1.29 is 26.3 Å². The van der Waals surface area contributed by atoms with E-state index in [0.29, 0.717) is 0 Å². The highest BCUT2D eigenvalue weighted by Gasteiger charge is 2.33. The summed E-state index contributed by atoms with van der Waals surface area (Å²) in [4.78, 5) is -0.585. The van der Waals surface area contributed by atoms with E-state index >= 15 is 0 Å². The fraction of sp³-hybridized carbons (Fsp3) is 0.167. The number of hydrogen-bond donors (Lipinski definition) is 1. The van der Waals surface area contributed by atoms with Gasteiger partial charge in [0, 0.05) is 18.3 Å². The van der Waals surface area contributed by atoms with E-state index < -0.39 is 27.0 Å². The van der Waals surface area contributed by atoms with Crippen LogP contribution in [0.2, 0.25) is 0 Å². The zero-order chi connectivity index (χ0) is 20.2. The molecule has 28 heavy (non-hydrogen) atoms. The Hall–Kier alpha value is -2.85. The molecular weight excluding hydrogens is 395 g/mol. The Morgan fingerprint density at radius 1 is 1.00 bits per heavy atom. The lowest BCUT2D eigenvalue weighted by Gasteiger charge is -2.13. The molecule has 0 bridgehead atoms. The number of aromatic nitrogens is 2. The largest absolute Gasteiger partial charge is 0.573 e. The van der Waals surface area contributed by atoms with Crippen molar-refractivity contribution in [2.75, 3.05) is 6.54 Å². The number of halogens is 3. The zero-order valence-corrected chi connectivity index (χ0v) is 15.2. The van der Waals surface area contributed by atoms with Gasteiger partial charge in [0.25, 0.3) is 0 Å². The van der Waals surface area contributed by atoms with Crippen molar-refractivity contribution in [1.29, 1.82) is 0 Å². The van der Waals surface area contributed by atoms with Gasteiger partial charge in [0.2, 0.25) is 10.0 Å². The summed E-state index contributed by atoms with van der Waals surface area (Å²) in [5.41, 5.74) is 1.83. The summed E-state index contributed by atoms with van der Waals surface area (Å²) in [7, 11) is -4.19. The molecule has 0 aliphatic carbocycles. The van der Waals surface area contributed by atoms with E-state index in [2.05, 4.69) is 14.6 Å². The number of para-hydroxylation sites is 1. The Balaban J connectivity index is 1.66. The second-order valence-electron chi connectivity index (χ2n) is 5.75. The highest BCUT2D eigenvalue weighted by atomic mass is 32.2. The molecule has 1 N–H and O–H groups in total. The van der Waals surface area contributed by atoms with Crippen molar-refractivity contribution in [1.82, 2.24) is 14.5 Å². The van der Waals surface area contributed by atoms with Crippen LogP contribution in [-0.2, 0) is 16.6 Å². The molecule has 0 fully saturated rings. The first kappa shape index (κ1) is 19.9. The molecule has 0 aliphatic heterocycles. The van der Waals surface area contributed by atoms with Gasteiger partial charge >= 0.3 is 6.36 Å². The van der Waals surface area contributed by atoms with Gasteiger partial charge in [-0.1, -0.05) is 42.5 Å². The number of alkyl halides is 3. The van der Waals surface area contributed by atoms with Crippen LogP contribution in [0, 0.1) is 0 Å². The fourth-order valence-electron chi connectivity index (χ4n) is 2.52. The Labute approximate surface area is 159 Å². The van der Waals surface area contributed by atoms with Crippen molar-refractivity contribution in [2.45, 2.75) is 17.8 Å². The van der Waals surface area contributed by atoms with Crippen LogP contribution in [-0.4, -0.2) is 31.1 Å². The molecule has 6 nitrogen and oxygen atoms in total. The number of sulfonamides is 1. The average molecular weight is 411 g/mol. The summed E-state index contributed by atoms with van der Waals surface area (Å²) >= 11 is 0. The SMILES string of the molecule is O=S(=O)(NCCn1cc(-c2ccccc2)cn1)c1ccccc1OC(F)(F)F. The monoisotopic (exact) mass is 411 g/mol. The molecule has 1 aromatic heterocycles. The zero-order valence-electron chi connectivity index (χ0n) is 14.4. The highest BCUT2D eigenvalue weighted by Crippen LogP contribution is 2.29. The van der Waals surface area contributed by atoms with Gasteiger partial charge in [-0.3, -0.25) is 4.68 Å². The van der Waals surface area contributed by atoms with Crippen molar-refractivity contribution in [2.24, 2.45) is 0 Å². The normalized spacial score (nSPS) is 12.1. The van der Waals surface area contributed by atoms with Gasteiger partial charge < -0.3 is 4.74 Å². The third-order valence-electron chi connectivity index (χ3n) is 3.74. The van der Waals surface area contributed by atoms with E-state index in [4.69, 9.17) is 0 Å². The summed E-state index contributed by atoms with van der Waals surface area (Å²) in [6.45, 7) is 0.146. The lowest BCUT2D eigenvalue weighted by Crippen LogP contribution is -2.28. The van der Waals surface area contributed by atoms with E-state index in [1.165, 1.54) is 12.1 Å². The molecule has 2 aromatic carbocycles. The number of benzene rings is 2. The molecule has 148 valence electrons. The highest BCUT2D eigenvalue weighted by molar-refractivity contribution is 7.89. The van der Waals surface area contributed by atoms with E-state index in [1.807, 2.05) is 30.3 Å². The number of rotatable bonds is 7. The molecule has 0 spiro atoms. The Bertz CT molecular complexity index is 1030. The minimum absolute atomic E-state index is 0.0569. The lowest BCUT2D eigenvalue weighted by atomic mass is 10.1. The van der Waals surface area contributed by atoms with Gasteiger partial charge in [-0.2, -0.15) is 5.10 Å². The summed E-state index contributed by atoms with van der Waals surface area (Å²) in [6.07, 6.45) is -1.59. The van der Waals surface area contributed by atoms with E-state index in [9.17, 15) is 21.6 Å². The maximum Gasteiger partial charge on any atom is 0.573 e. The van der Waals surface area contributed by atoms with Crippen LogP contribution in [0.3, 0.4) is 0 Å². The van der Waals surface area contributed by atoms with Crippen LogP contribution in [0.5, 0.6) is 5.75 Å². The third-order valence-corrected chi connectivity index (χ3v) is 5.24. The van der Waals surface area contributed by atoms with Gasteiger partial charge in [-0.05, 0) is 17.7 Å². The topological polar surface area (TPSA) is 73.2 Å². The first-order valence-corrected chi connectivity index (χ1v) is 9.65. The number of nitrogens with one attached hydrogen (secondary N) is 1. The van der Waals surface area contributed by atoms with E-state index in [-0.39, 0.29) is 13.1 Å². The van der Waals surface area contributed by atoms with E-state index in [0.717, 1.165) is 23.3 Å². The molecule has 0 radical (unpaired) electrons. The molecule has 0 aliphatic rings. The molecule has 3 aromatic rings. The maximum atomic E-state index is 12.5. The minimum atomic E-state index is -4.99. The minimum Gasteiger partial charge on any atom is -0.404 e. The van der Waals surface area contributed by atoms with Gasteiger partial charge in [0.1, 0.15) is 10.6 Å². The van der Waals surface area contributed by atoms with Crippen LogP contribution in [0.4, 0.5) is 13.2 Å². The summed E-state index contributed by atoms with van der Waals surface area (Å²) < 4.78 is 69.8. The molecule has 0 saturated heterocycles. The van der Waals surface area contributed by atoms with Crippen molar-refractivity contribution in [3.05, 3.63) is 67.0 Å². The molecule has 0 amide bonds. The molecule has 10 heteroatoms.